The Hall–Kier alpha value is -2.19. The van der Waals surface area contributed by atoms with Crippen LogP contribution in [0.5, 0.6) is 5.75 Å². The Balaban J connectivity index is 1.86. The van der Waals surface area contributed by atoms with Crippen molar-refractivity contribution in [1.82, 2.24) is 9.78 Å². The van der Waals surface area contributed by atoms with E-state index in [4.69, 9.17) is 5.11 Å². The number of carboxylic acid groups (broad SMARTS) is 1. The molecule has 4 rings (SSSR count). The van der Waals surface area contributed by atoms with Gasteiger partial charge in [0.1, 0.15) is 12.2 Å². The van der Waals surface area contributed by atoms with E-state index in [2.05, 4.69) is 35.9 Å². The summed E-state index contributed by atoms with van der Waals surface area (Å²) in [7, 11) is 0. The predicted octanol–water partition coefficient (Wildman–Crippen LogP) is 2.41. The number of carboxylic acids is 1. The maximum atomic E-state index is 12.8. The first kappa shape index (κ1) is 18.6. The Bertz CT molecular complexity index is 765. The molecule has 0 saturated heterocycles. The molecular formula is C17H23F2N3O4. The standard InChI is InChI=1S/C17H23F2N3O4/c1-8-10-4-9(17(10,2)3)5-11(8)21-12-6-20-22(7-13(23)24)15(25)14(12)26-16(18)19/h6,8-11,16,21H,4-5,7H2,1-3H3,(H,23,24)/t8-,9+,10-,11?/m1/s1. The van der Waals surface area contributed by atoms with E-state index in [1.807, 2.05) is 0 Å². The number of halogens is 2. The first-order chi connectivity index (χ1) is 12.1. The summed E-state index contributed by atoms with van der Waals surface area (Å²) in [6.07, 6.45) is 3.21. The van der Waals surface area contributed by atoms with E-state index in [9.17, 15) is 18.4 Å². The SMILES string of the molecule is C[C@H]1C(Nc2cnn(CC(=O)O)c(=O)c2OC(F)F)C[C@@H]2C[C@H]1C2(C)C. The number of nitrogens with one attached hydrogen (secondary N) is 1. The highest BCUT2D eigenvalue weighted by atomic mass is 19.3. The largest absolute Gasteiger partial charge is 0.480 e. The zero-order chi connectivity index (χ0) is 19.2. The number of carbonyl (C=O) groups is 1. The molecule has 1 aromatic rings. The third kappa shape index (κ3) is 3.14. The molecule has 4 atom stereocenters. The highest BCUT2D eigenvalue weighted by Gasteiger charge is 2.56. The molecule has 3 aliphatic carbocycles. The zero-order valence-corrected chi connectivity index (χ0v) is 14.9. The third-order valence-corrected chi connectivity index (χ3v) is 6.19. The van der Waals surface area contributed by atoms with Crippen LogP contribution in [0.2, 0.25) is 0 Å². The summed E-state index contributed by atoms with van der Waals surface area (Å²) in [6, 6.07) is 0.0170. The molecule has 3 saturated carbocycles. The predicted molar refractivity (Wildman–Crippen MR) is 89.3 cm³/mol. The van der Waals surface area contributed by atoms with Crippen LogP contribution < -0.4 is 15.6 Å². The van der Waals surface area contributed by atoms with Crippen LogP contribution in [0.15, 0.2) is 11.0 Å². The number of hydrogen-bond donors (Lipinski definition) is 2. The summed E-state index contributed by atoms with van der Waals surface area (Å²) in [5.41, 5.74) is -0.650. The van der Waals surface area contributed by atoms with Crippen molar-refractivity contribution in [3.63, 3.8) is 0 Å². The van der Waals surface area contributed by atoms with Crippen molar-refractivity contribution in [3.05, 3.63) is 16.6 Å². The van der Waals surface area contributed by atoms with Crippen LogP contribution in [0.25, 0.3) is 0 Å². The Labute approximate surface area is 149 Å². The number of rotatable bonds is 6. The molecule has 9 heteroatoms. The van der Waals surface area contributed by atoms with Gasteiger partial charge < -0.3 is 15.2 Å². The van der Waals surface area contributed by atoms with Gasteiger partial charge in [-0.25, -0.2) is 4.68 Å². The van der Waals surface area contributed by atoms with E-state index in [1.54, 1.807) is 0 Å². The topological polar surface area (TPSA) is 93.5 Å². The highest BCUT2D eigenvalue weighted by Crippen LogP contribution is 2.61. The number of ether oxygens (including phenoxy) is 1. The zero-order valence-electron chi connectivity index (χ0n) is 14.9. The molecule has 0 amide bonds. The van der Waals surface area contributed by atoms with Crippen LogP contribution in [-0.2, 0) is 11.3 Å². The molecule has 0 spiro atoms. The second-order valence-electron chi connectivity index (χ2n) is 7.83. The molecule has 144 valence electrons. The lowest BCUT2D eigenvalue weighted by Gasteiger charge is -2.62. The van der Waals surface area contributed by atoms with Gasteiger partial charge >= 0.3 is 18.1 Å². The number of hydrogen-bond acceptors (Lipinski definition) is 5. The summed E-state index contributed by atoms with van der Waals surface area (Å²) in [5, 5.41) is 15.7. The number of nitrogens with zero attached hydrogens (tertiary/aromatic N) is 2. The van der Waals surface area contributed by atoms with Crippen LogP contribution in [0.1, 0.15) is 33.6 Å². The van der Waals surface area contributed by atoms with Crippen LogP contribution in [0.4, 0.5) is 14.5 Å². The molecule has 1 unspecified atom stereocenters. The molecule has 0 radical (unpaired) electrons. The summed E-state index contributed by atoms with van der Waals surface area (Å²) in [5.74, 6) is -0.524. The van der Waals surface area contributed by atoms with E-state index < -0.39 is 30.4 Å². The van der Waals surface area contributed by atoms with Crippen LogP contribution in [0.3, 0.4) is 0 Å². The van der Waals surface area contributed by atoms with Gasteiger partial charge in [-0.05, 0) is 36.0 Å². The van der Waals surface area contributed by atoms with E-state index in [1.165, 1.54) is 6.20 Å². The van der Waals surface area contributed by atoms with E-state index >= 15 is 0 Å². The van der Waals surface area contributed by atoms with E-state index in [0.717, 1.165) is 12.8 Å². The minimum atomic E-state index is -3.19. The first-order valence-corrected chi connectivity index (χ1v) is 8.64. The number of aromatic nitrogens is 2. The monoisotopic (exact) mass is 371 g/mol. The number of fused-ring (bicyclic) bond motifs is 2. The maximum Gasteiger partial charge on any atom is 0.387 e. The Kier molecular flexibility index (Phi) is 4.66. The average molecular weight is 371 g/mol. The number of alkyl halides is 2. The summed E-state index contributed by atoms with van der Waals surface area (Å²) >= 11 is 0. The smallest absolute Gasteiger partial charge is 0.387 e. The first-order valence-electron chi connectivity index (χ1n) is 8.64. The molecule has 7 nitrogen and oxygen atoms in total. The fourth-order valence-electron chi connectivity index (χ4n) is 4.56. The molecule has 3 fully saturated rings. The minimum Gasteiger partial charge on any atom is -0.480 e. The summed E-state index contributed by atoms with van der Waals surface area (Å²) in [6.45, 7) is 2.69. The van der Waals surface area contributed by atoms with Gasteiger partial charge in [-0.15, -0.1) is 0 Å². The lowest BCUT2D eigenvalue weighted by Crippen LogP contribution is -2.58. The van der Waals surface area contributed by atoms with Crippen molar-refractivity contribution < 1.29 is 23.4 Å². The Morgan fingerprint density at radius 1 is 1.50 bits per heavy atom. The molecule has 2 N–H and O–H groups in total. The molecule has 1 heterocycles. The second kappa shape index (κ2) is 6.51. The lowest BCUT2D eigenvalue weighted by molar-refractivity contribution is -0.138. The van der Waals surface area contributed by atoms with Crippen molar-refractivity contribution in [2.75, 3.05) is 5.32 Å². The Morgan fingerprint density at radius 3 is 2.73 bits per heavy atom. The quantitative estimate of drug-likeness (QED) is 0.798. The fraction of sp³-hybridized carbons (Fsp3) is 0.706. The fourth-order valence-corrected chi connectivity index (χ4v) is 4.56. The number of aliphatic carboxylic acids is 1. The van der Waals surface area contributed by atoms with Crippen molar-refractivity contribution in [3.8, 4) is 5.75 Å². The van der Waals surface area contributed by atoms with E-state index in [0.29, 0.717) is 22.4 Å². The third-order valence-electron chi connectivity index (χ3n) is 6.19. The van der Waals surface area contributed by atoms with Gasteiger partial charge in [0.2, 0.25) is 5.75 Å². The van der Waals surface area contributed by atoms with Crippen LogP contribution in [0, 0.1) is 23.2 Å². The molecule has 26 heavy (non-hydrogen) atoms. The van der Waals surface area contributed by atoms with Crippen LogP contribution >= 0.6 is 0 Å². The molecule has 0 aromatic carbocycles. The Morgan fingerprint density at radius 2 is 2.19 bits per heavy atom. The van der Waals surface area contributed by atoms with Crippen molar-refractivity contribution >= 4 is 11.7 Å². The van der Waals surface area contributed by atoms with E-state index in [-0.39, 0.29) is 17.1 Å². The summed E-state index contributed by atoms with van der Waals surface area (Å²) in [4.78, 5) is 23.1. The van der Waals surface area contributed by atoms with Crippen LogP contribution in [-0.4, -0.2) is 33.5 Å². The van der Waals surface area contributed by atoms with Gasteiger partial charge in [0.05, 0.1) is 6.20 Å². The van der Waals surface area contributed by atoms with Crippen molar-refractivity contribution in [2.45, 2.75) is 52.8 Å². The van der Waals surface area contributed by atoms with Crippen molar-refractivity contribution in [1.29, 1.82) is 0 Å². The molecule has 3 aliphatic rings. The van der Waals surface area contributed by atoms with Crippen molar-refractivity contribution in [2.24, 2.45) is 23.2 Å². The normalized spacial score (nSPS) is 29.2. The number of anilines is 1. The van der Waals surface area contributed by atoms with Gasteiger partial charge in [-0.1, -0.05) is 20.8 Å². The van der Waals surface area contributed by atoms with Gasteiger partial charge in [-0.2, -0.15) is 13.9 Å². The maximum absolute atomic E-state index is 12.8. The van der Waals surface area contributed by atoms with Gasteiger partial charge in [-0.3, -0.25) is 9.59 Å². The molecule has 1 aromatic heterocycles. The second-order valence-corrected chi connectivity index (χ2v) is 7.83. The average Bonchev–Trinajstić information content (AvgIpc) is 2.53. The lowest BCUT2D eigenvalue weighted by atomic mass is 9.45. The van der Waals surface area contributed by atoms with Gasteiger partial charge in [0, 0.05) is 6.04 Å². The molecule has 2 bridgehead atoms. The molecule has 0 aliphatic heterocycles. The summed E-state index contributed by atoms with van der Waals surface area (Å²) < 4.78 is 30.5. The minimum absolute atomic E-state index is 0.0170. The molecular weight excluding hydrogens is 348 g/mol. The van der Waals surface area contributed by atoms with Gasteiger partial charge in [0.15, 0.2) is 0 Å². The van der Waals surface area contributed by atoms with Gasteiger partial charge in [0.25, 0.3) is 0 Å². The highest BCUT2D eigenvalue weighted by molar-refractivity contribution is 5.66.